The Labute approximate surface area is 128 Å². The first-order valence-corrected chi connectivity index (χ1v) is 7.24. The second kappa shape index (κ2) is 8.07. The van der Waals surface area contributed by atoms with Crippen LogP contribution in [0.4, 0.5) is 0 Å². The average molecular weight is 302 g/mol. The van der Waals surface area contributed by atoms with Gasteiger partial charge in [-0.15, -0.1) is 0 Å². The third kappa shape index (κ3) is 4.80. The van der Waals surface area contributed by atoms with Gasteiger partial charge in [0.25, 0.3) is 0 Å². The van der Waals surface area contributed by atoms with Crippen molar-refractivity contribution in [3.8, 4) is 11.4 Å². The Morgan fingerprint density at radius 1 is 1.18 bits per heavy atom. The Morgan fingerprint density at radius 3 is 2.68 bits per heavy atom. The number of aromatic nitrogens is 2. The fourth-order valence-corrected chi connectivity index (χ4v) is 1.95. The van der Waals surface area contributed by atoms with Gasteiger partial charge >= 0.3 is 5.97 Å². The van der Waals surface area contributed by atoms with Crippen LogP contribution in [0.25, 0.3) is 11.4 Å². The van der Waals surface area contributed by atoms with Gasteiger partial charge in [0.05, 0.1) is 13.0 Å². The number of ether oxygens (including phenoxy) is 1. The van der Waals surface area contributed by atoms with Crippen molar-refractivity contribution in [2.75, 3.05) is 6.61 Å². The van der Waals surface area contributed by atoms with E-state index in [0.717, 1.165) is 5.56 Å². The van der Waals surface area contributed by atoms with Crippen LogP contribution in [0.1, 0.15) is 32.1 Å². The Kier molecular flexibility index (Phi) is 5.82. The number of nitrogens with zero attached hydrogens (tertiary/aromatic N) is 2. The summed E-state index contributed by atoms with van der Waals surface area (Å²) in [5.74, 6) is 0.446. The maximum Gasteiger partial charge on any atom is 0.305 e. The monoisotopic (exact) mass is 302 g/mol. The Balaban J connectivity index is 1.80. The molecule has 0 N–H and O–H groups in total. The lowest BCUT2D eigenvalue weighted by Crippen LogP contribution is -2.07. The average Bonchev–Trinajstić information content (AvgIpc) is 2.97. The molecule has 2 aromatic rings. The lowest BCUT2D eigenvalue weighted by Gasteiger charge is -2.00. The maximum absolute atomic E-state index is 11.8. The van der Waals surface area contributed by atoms with Crippen LogP contribution in [0.2, 0.25) is 0 Å². The third-order valence-corrected chi connectivity index (χ3v) is 2.99. The zero-order valence-electron chi connectivity index (χ0n) is 12.4. The van der Waals surface area contributed by atoms with Crippen molar-refractivity contribution in [3.63, 3.8) is 0 Å². The first-order chi connectivity index (χ1) is 10.7. The summed E-state index contributed by atoms with van der Waals surface area (Å²) in [6.07, 6.45) is 1.10. The number of ketones is 1. The number of esters is 1. The molecule has 0 atom stereocenters. The standard InChI is InChI=1S/C16H18N2O4/c1-2-21-15(20)10-6-9-13(19)11-14-17-16(18-22-14)12-7-4-3-5-8-12/h3-5,7-8H,2,6,9-11H2,1H3. The first kappa shape index (κ1) is 15.9. The fraction of sp³-hybridized carbons (Fsp3) is 0.375. The molecule has 0 bridgehead atoms. The number of hydrogen-bond donors (Lipinski definition) is 0. The minimum absolute atomic E-state index is 0.0347. The molecule has 116 valence electrons. The van der Waals surface area contributed by atoms with Crippen LogP contribution < -0.4 is 0 Å². The number of hydrogen-bond acceptors (Lipinski definition) is 6. The molecule has 0 saturated carbocycles. The van der Waals surface area contributed by atoms with E-state index in [-0.39, 0.29) is 24.6 Å². The van der Waals surface area contributed by atoms with Gasteiger partial charge in [0.15, 0.2) is 0 Å². The van der Waals surface area contributed by atoms with E-state index in [4.69, 9.17) is 9.26 Å². The SMILES string of the molecule is CCOC(=O)CCCC(=O)Cc1nc(-c2ccccc2)no1. The Bertz CT molecular complexity index is 622. The molecule has 22 heavy (non-hydrogen) atoms. The van der Waals surface area contributed by atoms with Crippen molar-refractivity contribution < 1.29 is 18.8 Å². The van der Waals surface area contributed by atoms with Crippen LogP contribution in [0.3, 0.4) is 0 Å². The van der Waals surface area contributed by atoms with Crippen LogP contribution in [-0.4, -0.2) is 28.5 Å². The molecule has 6 heteroatoms. The molecule has 0 unspecified atom stereocenters. The predicted octanol–water partition coefficient (Wildman–Crippen LogP) is 2.58. The molecule has 0 aliphatic heterocycles. The minimum atomic E-state index is -0.278. The summed E-state index contributed by atoms with van der Waals surface area (Å²) in [6.45, 7) is 2.11. The zero-order valence-corrected chi connectivity index (χ0v) is 12.4. The molecule has 1 heterocycles. The van der Waals surface area contributed by atoms with Gasteiger partial charge in [-0.05, 0) is 13.3 Å². The van der Waals surface area contributed by atoms with E-state index in [1.165, 1.54) is 0 Å². The summed E-state index contributed by atoms with van der Waals surface area (Å²) >= 11 is 0. The van der Waals surface area contributed by atoms with Gasteiger partial charge in [-0.1, -0.05) is 35.5 Å². The van der Waals surface area contributed by atoms with Gasteiger partial charge in [-0.3, -0.25) is 9.59 Å². The smallest absolute Gasteiger partial charge is 0.305 e. The van der Waals surface area contributed by atoms with Gasteiger partial charge in [-0.25, -0.2) is 0 Å². The molecular formula is C16H18N2O4. The molecular weight excluding hydrogens is 284 g/mol. The topological polar surface area (TPSA) is 82.3 Å². The second-order valence-corrected chi connectivity index (χ2v) is 4.75. The largest absolute Gasteiger partial charge is 0.466 e. The number of benzene rings is 1. The summed E-state index contributed by atoms with van der Waals surface area (Å²) < 4.78 is 9.89. The third-order valence-electron chi connectivity index (χ3n) is 2.99. The molecule has 2 rings (SSSR count). The van der Waals surface area contributed by atoms with Crippen molar-refractivity contribution in [2.45, 2.75) is 32.6 Å². The highest BCUT2D eigenvalue weighted by atomic mass is 16.5. The summed E-state index contributed by atoms with van der Waals surface area (Å²) in [5, 5.41) is 3.86. The van der Waals surface area contributed by atoms with Crippen LogP contribution in [0, 0.1) is 0 Å². The van der Waals surface area contributed by atoms with E-state index in [1.807, 2.05) is 30.3 Å². The highest BCUT2D eigenvalue weighted by Gasteiger charge is 2.13. The summed E-state index contributed by atoms with van der Waals surface area (Å²) in [5.41, 5.74) is 0.840. The molecule has 0 spiro atoms. The quantitative estimate of drug-likeness (QED) is 0.697. The highest BCUT2D eigenvalue weighted by Crippen LogP contribution is 2.15. The molecule has 0 saturated heterocycles. The van der Waals surface area contributed by atoms with Crippen LogP contribution in [0.15, 0.2) is 34.9 Å². The molecule has 1 aromatic carbocycles. The summed E-state index contributed by atoms with van der Waals surface area (Å²) in [4.78, 5) is 27.2. The minimum Gasteiger partial charge on any atom is -0.466 e. The van der Waals surface area contributed by atoms with E-state index in [0.29, 0.717) is 31.2 Å². The van der Waals surface area contributed by atoms with Gasteiger partial charge in [-0.2, -0.15) is 4.98 Å². The molecule has 0 aliphatic rings. The van der Waals surface area contributed by atoms with E-state index in [2.05, 4.69) is 10.1 Å². The van der Waals surface area contributed by atoms with E-state index < -0.39 is 0 Å². The molecule has 0 aliphatic carbocycles. The van der Waals surface area contributed by atoms with Crippen molar-refractivity contribution >= 4 is 11.8 Å². The first-order valence-electron chi connectivity index (χ1n) is 7.24. The number of Topliss-reactive ketones (excluding diaryl/α,β-unsaturated/α-hetero) is 1. The van der Waals surface area contributed by atoms with Crippen LogP contribution in [0.5, 0.6) is 0 Å². The zero-order chi connectivity index (χ0) is 15.8. The van der Waals surface area contributed by atoms with Crippen molar-refractivity contribution in [1.29, 1.82) is 0 Å². The van der Waals surface area contributed by atoms with Crippen molar-refractivity contribution in [1.82, 2.24) is 10.1 Å². The number of carbonyl (C=O) groups excluding carboxylic acids is 2. The summed E-state index contributed by atoms with van der Waals surface area (Å²) in [7, 11) is 0. The second-order valence-electron chi connectivity index (χ2n) is 4.75. The molecule has 1 aromatic heterocycles. The van der Waals surface area contributed by atoms with E-state index in [1.54, 1.807) is 6.92 Å². The van der Waals surface area contributed by atoms with Gasteiger partial charge in [0.1, 0.15) is 5.78 Å². The number of carbonyl (C=O) groups is 2. The van der Waals surface area contributed by atoms with E-state index >= 15 is 0 Å². The van der Waals surface area contributed by atoms with Gasteiger partial charge in [0.2, 0.25) is 11.7 Å². The molecule has 0 radical (unpaired) electrons. The Morgan fingerprint density at radius 2 is 1.95 bits per heavy atom. The molecule has 0 amide bonds. The van der Waals surface area contributed by atoms with Crippen molar-refractivity contribution in [2.24, 2.45) is 0 Å². The fourth-order valence-electron chi connectivity index (χ4n) is 1.95. The van der Waals surface area contributed by atoms with Gasteiger partial charge in [0, 0.05) is 18.4 Å². The van der Waals surface area contributed by atoms with Gasteiger partial charge < -0.3 is 9.26 Å². The lowest BCUT2D eigenvalue weighted by molar-refractivity contribution is -0.143. The van der Waals surface area contributed by atoms with E-state index in [9.17, 15) is 9.59 Å². The van der Waals surface area contributed by atoms with Crippen LogP contribution in [-0.2, 0) is 20.7 Å². The maximum atomic E-state index is 11.8. The predicted molar refractivity (Wildman–Crippen MR) is 78.9 cm³/mol. The summed E-state index contributed by atoms with van der Waals surface area (Å²) in [6, 6.07) is 9.40. The Hall–Kier alpha value is -2.50. The highest BCUT2D eigenvalue weighted by molar-refractivity contribution is 5.80. The number of rotatable bonds is 8. The van der Waals surface area contributed by atoms with Crippen molar-refractivity contribution in [3.05, 3.63) is 36.2 Å². The molecule has 6 nitrogen and oxygen atoms in total. The lowest BCUT2D eigenvalue weighted by atomic mass is 10.1. The van der Waals surface area contributed by atoms with Crippen LogP contribution >= 0.6 is 0 Å². The molecule has 0 fully saturated rings. The normalized spacial score (nSPS) is 10.4.